The van der Waals surface area contributed by atoms with Gasteiger partial charge in [0.05, 0.1) is 16.9 Å². The minimum Gasteiger partial charge on any atom is -0.513 e. The quantitative estimate of drug-likeness (QED) is 0.214. The third kappa shape index (κ3) is 11.2. The number of carbonyl (C=O) groups excluding carboxylic acids is 2. The van der Waals surface area contributed by atoms with Crippen LogP contribution >= 0.6 is 0 Å². The van der Waals surface area contributed by atoms with E-state index >= 15 is 0 Å². The summed E-state index contributed by atoms with van der Waals surface area (Å²) in [4.78, 5) is 24.3. The predicted molar refractivity (Wildman–Crippen MR) is 117 cm³/mol. The molecule has 0 atom stereocenters. The summed E-state index contributed by atoms with van der Waals surface area (Å²) in [6.45, 7) is 15.8. The average molecular weight is 398 g/mol. The molecule has 0 fully saturated rings. The van der Waals surface area contributed by atoms with E-state index in [0.717, 1.165) is 12.0 Å². The van der Waals surface area contributed by atoms with Gasteiger partial charge in [0, 0.05) is 0 Å². The van der Waals surface area contributed by atoms with Gasteiger partial charge in [0.2, 0.25) is 0 Å². The monoisotopic (exact) mass is 398 g/mol. The van der Waals surface area contributed by atoms with Crippen molar-refractivity contribution in [2.75, 3.05) is 0 Å². The second-order valence-corrected chi connectivity index (χ2v) is 6.06. The molecule has 0 amide bonds. The Morgan fingerprint density at radius 2 is 1.41 bits per heavy atom. The van der Waals surface area contributed by atoms with Gasteiger partial charge in [0.15, 0.2) is 0 Å². The van der Waals surface area contributed by atoms with Crippen LogP contribution in [-0.4, -0.2) is 17.0 Å². The van der Waals surface area contributed by atoms with Crippen LogP contribution in [0.5, 0.6) is 0 Å². The number of aliphatic hydroxyl groups excluding tert-OH is 1. The van der Waals surface area contributed by atoms with Gasteiger partial charge in [-0.3, -0.25) is 0 Å². The summed E-state index contributed by atoms with van der Waals surface area (Å²) in [5.41, 5.74) is 1.51. The van der Waals surface area contributed by atoms with Gasteiger partial charge in [-0.2, -0.15) is 0 Å². The van der Waals surface area contributed by atoms with Gasteiger partial charge in [-0.25, -0.2) is 9.59 Å². The van der Waals surface area contributed by atoms with Gasteiger partial charge in [-0.15, -0.1) is 0 Å². The summed E-state index contributed by atoms with van der Waals surface area (Å²) >= 11 is 0. The zero-order valence-electron chi connectivity index (χ0n) is 17.8. The minimum atomic E-state index is -0.619. The predicted octanol–water partition coefficient (Wildman–Crippen LogP) is 5.92. The van der Waals surface area contributed by atoms with E-state index in [1.807, 2.05) is 6.92 Å². The van der Waals surface area contributed by atoms with Crippen LogP contribution in [-0.2, 0) is 19.1 Å². The standard InChI is InChI=1S/C24H30O5/c1-8-17(4)11-15-21(9-2)23(26)28-19(6)13-14-20(7)29-24(27)22(10-3)16-12-18(5)25/h9-16,25H,3-4,8H2,1-2,5-7H3/b15-11-,18-12+,19-13+,20-14+,21-9+,22-16+. The SMILES string of the molecule is C=C/C(=C\C=C(/C)O)C(=O)O/C(C)=C/C=C(\C)OC(=O)C(/C=C\C(=C)CC)=C/C. The Morgan fingerprint density at radius 1 is 0.897 bits per heavy atom. The maximum absolute atomic E-state index is 12.2. The van der Waals surface area contributed by atoms with Gasteiger partial charge < -0.3 is 14.6 Å². The van der Waals surface area contributed by atoms with Crippen LogP contribution in [0, 0.1) is 0 Å². The summed E-state index contributed by atoms with van der Waals surface area (Å²) in [6, 6.07) is 0. The van der Waals surface area contributed by atoms with Crippen molar-refractivity contribution in [3.63, 3.8) is 0 Å². The van der Waals surface area contributed by atoms with Gasteiger partial charge >= 0.3 is 11.9 Å². The minimum absolute atomic E-state index is 0.0548. The van der Waals surface area contributed by atoms with Crippen molar-refractivity contribution in [1.82, 2.24) is 0 Å². The summed E-state index contributed by atoms with van der Waals surface area (Å²) in [5, 5.41) is 9.16. The van der Waals surface area contributed by atoms with E-state index in [2.05, 4.69) is 13.2 Å². The zero-order valence-corrected chi connectivity index (χ0v) is 17.8. The molecule has 0 aliphatic carbocycles. The summed E-state index contributed by atoms with van der Waals surface area (Å²) in [5.74, 6) is -0.419. The molecule has 29 heavy (non-hydrogen) atoms. The number of hydrogen-bond donors (Lipinski definition) is 1. The Balaban J connectivity index is 5.06. The second kappa shape index (κ2) is 13.8. The Kier molecular flexibility index (Phi) is 12.2. The molecule has 0 aromatic rings. The van der Waals surface area contributed by atoms with E-state index in [1.54, 1.807) is 39.0 Å². The Labute approximate surface area is 173 Å². The molecule has 0 aromatic carbocycles. The van der Waals surface area contributed by atoms with Crippen LogP contribution in [0.4, 0.5) is 0 Å². The van der Waals surface area contributed by atoms with Crippen LogP contribution in [0.25, 0.3) is 0 Å². The van der Waals surface area contributed by atoms with Crippen molar-refractivity contribution in [2.45, 2.75) is 41.0 Å². The molecule has 5 nitrogen and oxygen atoms in total. The topological polar surface area (TPSA) is 72.8 Å². The molecule has 0 radical (unpaired) electrons. The molecule has 0 bridgehead atoms. The molecule has 0 saturated heterocycles. The van der Waals surface area contributed by atoms with E-state index in [9.17, 15) is 9.59 Å². The zero-order chi connectivity index (χ0) is 22.4. The van der Waals surface area contributed by atoms with Crippen molar-refractivity contribution in [1.29, 1.82) is 0 Å². The number of esters is 2. The first kappa shape index (κ1) is 25.7. The first-order valence-electron chi connectivity index (χ1n) is 9.16. The van der Waals surface area contributed by atoms with Crippen molar-refractivity contribution in [2.24, 2.45) is 0 Å². The lowest BCUT2D eigenvalue weighted by Crippen LogP contribution is -2.06. The molecule has 0 saturated carbocycles. The molecular weight excluding hydrogens is 368 g/mol. The number of rotatable bonds is 10. The molecular formula is C24H30O5. The number of ether oxygens (including phenoxy) is 2. The largest absolute Gasteiger partial charge is 0.513 e. The second-order valence-electron chi connectivity index (χ2n) is 6.06. The number of aliphatic hydroxyl groups is 1. The Morgan fingerprint density at radius 3 is 1.83 bits per heavy atom. The fourth-order valence-corrected chi connectivity index (χ4v) is 1.75. The molecule has 0 unspecified atom stereocenters. The number of carbonyl (C=O) groups is 2. The van der Waals surface area contributed by atoms with Gasteiger partial charge in [-0.1, -0.05) is 43.9 Å². The molecule has 0 heterocycles. The van der Waals surface area contributed by atoms with Crippen molar-refractivity contribution in [3.05, 3.63) is 95.8 Å². The van der Waals surface area contributed by atoms with Crippen LogP contribution in [0.1, 0.15) is 41.0 Å². The van der Waals surface area contributed by atoms with Crippen LogP contribution in [0.2, 0.25) is 0 Å². The Hall–Kier alpha value is -3.34. The number of allylic oxidation sites excluding steroid dienone is 10. The third-order valence-corrected chi connectivity index (χ3v) is 3.52. The molecule has 5 heteroatoms. The average Bonchev–Trinajstić information content (AvgIpc) is 2.66. The lowest BCUT2D eigenvalue weighted by Gasteiger charge is -2.06. The van der Waals surface area contributed by atoms with E-state index in [0.29, 0.717) is 17.1 Å². The first-order chi connectivity index (χ1) is 13.6. The van der Waals surface area contributed by atoms with E-state index in [1.165, 1.54) is 37.3 Å². The van der Waals surface area contributed by atoms with Gasteiger partial charge in [0.25, 0.3) is 0 Å². The molecule has 0 aliphatic heterocycles. The number of hydrogen-bond acceptors (Lipinski definition) is 5. The van der Waals surface area contributed by atoms with Gasteiger partial charge in [0.1, 0.15) is 11.5 Å². The van der Waals surface area contributed by atoms with E-state index < -0.39 is 11.9 Å². The molecule has 0 spiro atoms. The molecule has 0 aliphatic rings. The highest BCUT2D eigenvalue weighted by molar-refractivity contribution is 5.92. The fourth-order valence-electron chi connectivity index (χ4n) is 1.75. The normalized spacial score (nSPS) is 14.0. The van der Waals surface area contributed by atoms with E-state index in [4.69, 9.17) is 14.6 Å². The highest BCUT2D eigenvalue weighted by Crippen LogP contribution is 2.10. The van der Waals surface area contributed by atoms with Crippen LogP contribution in [0.15, 0.2) is 95.8 Å². The smallest absolute Gasteiger partial charge is 0.343 e. The summed E-state index contributed by atoms with van der Waals surface area (Å²) in [6.07, 6.45) is 13.0. The molecule has 0 aromatic heterocycles. The van der Waals surface area contributed by atoms with Crippen molar-refractivity contribution >= 4 is 11.9 Å². The first-order valence-corrected chi connectivity index (χ1v) is 9.16. The highest BCUT2D eigenvalue weighted by Gasteiger charge is 2.09. The maximum atomic E-state index is 12.2. The summed E-state index contributed by atoms with van der Waals surface area (Å²) < 4.78 is 10.5. The lowest BCUT2D eigenvalue weighted by atomic mass is 10.1. The van der Waals surface area contributed by atoms with Gasteiger partial charge in [-0.05, 0) is 64.5 Å². The van der Waals surface area contributed by atoms with Crippen LogP contribution in [0.3, 0.4) is 0 Å². The van der Waals surface area contributed by atoms with Crippen molar-refractivity contribution in [3.8, 4) is 0 Å². The maximum Gasteiger partial charge on any atom is 0.343 e. The highest BCUT2D eigenvalue weighted by atomic mass is 16.5. The Bertz CT molecular complexity index is 810. The van der Waals surface area contributed by atoms with Crippen molar-refractivity contribution < 1.29 is 24.2 Å². The molecule has 0 rings (SSSR count). The molecule has 1 N–H and O–H groups in total. The molecule has 156 valence electrons. The third-order valence-electron chi connectivity index (χ3n) is 3.52. The summed E-state index contributed by atoms with van der Waals surface area (Å²) in [7, 11) is 0. The van der Waals surface area contributed by atoms with E-state index in [-0.39, 0.29) is 11.3 Å². The van der Waals surface area contributed by atoms with Crippen LogP contribution < -0.4 is 0 Å². The lowest BCUT2D eigenvalue weighted by molar-refractivity contribution is -0.135. The fraction of sp³-hybridized carbons (Fsp3) is 0.250.